The number of carbonyl (C=O) groups is 3. The second-order valence-corrected chi connectivity index (χ2v) is 11.1. The van der Waals surface area contributed by atoms with E-state index < -0.39 is 5.60 Å². The largest absolute Gasteiger partial charge is 0.465 e. The molecule has 0 saturated carbocycles. The van der Waals surface area contributed by atoms with Crippen LogP contribution in [0, 0.1) is 0 Å². The van der Waals surface area contributed by atoms with Gasteiger partial charge in [-0.15, -0.1) is 11.3 Å². The summed E-state index contributed by atoms with van der Waals surface area (Å²) in [5.74, 6) is -0.366. The lowest BCUT2D eigenvalue weighted by Gasteiger charge is -2.39. The summed E-state index contributed by atoms with van der Waals surface area (Å²) >= 11 is 1.35. The Balaban J connectivity index is 1.49. The Morgan fingerprint density at radius 3 is 2.37 bits per heavy atom. The van der Waals surface area contributed by atoms with E-state index in [0.717, 1.165) is 10.4 Å². The Bertz CT molecular complexity index is 1060. The van der Waals surface area contributed by atoms with E-state index in [2.05, 4.69) is 12.1 Å². The minimum Gasteiger partial charge on any atom is -0.465 e. The van der Waals surface area contributed by atoms with Crippen molar-refractivity contribution in [2.45, 2.75) is 57.8 Å². The summed E-state index contributed by atoms with van der Waals surface area (Å²) in [6, 6.07) is 13.7. The molecule has 4 rings (SSSR count). The van der Waals surface area contributed by atoms with E-state index >= 15 is 0 Å². The van der Waals surface area contributed by atoms with Crippen LogP contribution in [0.15, 0.2) is 42.5 Å². The molecule has 1 unspecified atom stereocenters. The summed E-state index contributed by atoms with van der Waals surface area (Å²) < 4.78 is 10.3. The predicted molar refractivity (Wildman–Crippen MR) is 133 cm³/mol. The molecule has 0 bridgehead atoms. The maximum absolute atomic E-state index is 13.7. The molecule has 1 aromatic carbocycles. The maximum Gasteiger partial charge on any atom is 0.410 e. The van der Waals surface area contributed by atoms with Gasteiger partial charge < -0.3 is 24.2 Å². The molecule has 35 heavy (non-hydrogen) atoms. The lowest BCUT2D eigenvalue weighted by atomic mass is 9.99. The van der Waals surface area contributed by atoms with E-state index in [9.17, 15) is 14.4 Å². The minimum atomic E-state index is -0.534. The van der Waals surface area contributed by atoms with Gasteiger partial charge in [0.15, 0.2) is 0 Å². The van der Waals surface area contributed by atoms with Gasteiger partial charge in [-0.2, -0.15) is 0 Å². The third kappa shape index (κ3) is 5.78. The standard InChI is InChI=1S/C26H33N3O5S/c1-26(2,3)34-25(32)27-14-12-19(13-15-27)29-21(18-8-6-5-7-9-18)17-28(24(29)31)16-20-10-11-22(35-20)23(30)33-4/h5-11,19,21H,12-17H2,1-4H3. The van der Waals surface area contributed by atoms with Crippen molar-refractivity contribution in [2.75, 3.05) is 26.7 Å². The molecular weight excluding hydrogens is 466 g/mol. The molecule has 9 heteroatoms. The zero-order valence-corrected chi connectivity index (χ0v) is 21.5. The monoisotopic (exact) mass is 499 g/mol. The van der Waals surface area contributed by atoms with Crippen molar-refractivity contribution in [1.29, 1.82) is 0 Å². The highest BCUT2D eigenvalue weighted by molar-refractivity contribution is 7.13. The molecule has 0 N–H and O–H groups in total. The molecule has 2 saturated heterocycles. The van der Waals surface area contributed by atoms with Gasteiger partial charge in [0, 0.05) is 30.6 Å². The van der Waals surface area contributed by atoms with Crippen molar-refractivity contribution in [3.8, 4) is 0 Å². The van der Waals surface area contributed by atoms with Crippen molar-refractivity contribution in [3.05, 3.63) is 57.8 Å². The average molecular weight is 500 g/mol. The first-order valence-corrected chi connectivity index (χ1v) is 12.7. The highest BCUT2D eigenvalue weighted by Gasteiger charge is 2.43. The van der Waals surface area contributed by atoms with Gasteiger partial charge in [-0.05, 0) is 51.3 Å². The van der Waals surface area contributed by atoms with Crippen molar-refractivity contribution in [3.63, 3.8) is 0 Å². The number of amides is 3. The molecule has 2 aromatic rings. The SMILES string of the molecule is COC(=O)c1ccc(CN2CC(c3ccccc3)N(C3CCN(C(=O)OC(C)(C)C)CC3)C2=O)s1. The van der Waals surface area contributed by atoms with Gasteiger partial charge in [-0.25, -0.2) is 14.4 Å². The van der Waals surface area contributed by atoms with Crippen molar-refractivity contribution in [2.24, 2.45) is 0 Å². The van der Waals surface area contributed by atoms with Gasteiger partial charge in [0.2, 0.25) is 0 Å². The number of carbonyl (C=O) groups excluding carboxylic acids is 3. The van der Waals surface area contributed by atoms with Crippen LogP contribution in [0.1, 0.15) is 59.8 Å². The zero-order valence-electron chi connectivity index (χ0n) is 20.7. The number of likely N-dealkylation sites (tertiary alicyclic amines) is 1. The van der Waals surface area contributed by atoms with Crippen LogP contribution in [0.3, 0.4) is 0 Å². The summed E-state index contributed by atoms with van der Waals surface area (Å²) in [5, 5.41) is 0. The lowest BCUT2D eigenvalue weighted by Crippen LogP contribution is -2.49. The number of nitrogens with zero attached hydrogens (tertiary/aromatic N) is 3. The van der Waals surface area contributed by atoms with E-state index in [1.165, 1.54) is 18.4 Å². The Morgan fingerprint density at radius 2 is 1.74 bits per heavy atom. The number of ether oxygens (including phenoxy) is 2. The van der Waals surface area contributed by atoms with Crippen LogP contribution in [0.25, 0.3) is 0 Å². The number of hydrogen-bond donors (Lipinski definition) is 0. The van der Waals surface area contributed by atoms with Crippen LogP contribution in [0.2, 0.25) is 0 Å². The highest BCUT2D eigenvalue weighted by Crippen LogP contribution is 2.36. The van der Waals surface area contributed by atoms with Gasteiger partial charge in [-0.3, -0.25) is 0 Å². The molecule has 188 valence electrons. The molecule has 2 aliphatic heterocycles. The third-order valence-corrected chi connectivity index (χ3v) is 7.36. The predicted octanol–water partition coefficient (Wildman–Crippen LogP) is 4.91. The maximum atomic E-state index is 13.7. The van der Waals surface area contributed by atoms with Gasteiger partial charge in [-0.1, -0.05) is 30.3 Å². The van der Waals surface area contributed by atoms with Crippen LogP contribution < -0.4 is 0 Å². The summed E-state index contributed by atoms with van der Waals surface area (Å²) in [6.07, 6.45) is 1.10. The summed E-state index contributed by atoms with van der Waals surface area (Å²) in [5.41, 5.74) is 0.562. The second kappa shape index (κ2) is 10.3. The Kier molecular flexibility index (Phi) is 7.35. The highest BCUT2D eigenvalue weighted by atomic mass is 32.1. The molecule has 0 spiro atoms. The topological polar surface area (TPSA) is 79.4 Å². The van der Waals surface area contributed by atoms with E-state index in [0.29, 0.717) is 43.9 Å². The fourth-order valence-corrected chi connectivity index (χ4v) is 5.61. The molecule has 1 atom stereocenters. The first-order valence-electron chi connectivity index (χ1n) is 11.9. The van der Waals surface area contributed by atoms with Gasteiger partial charge in [0.25, 0.3) is 0 Å². The Hall–Kier alpha value is -3.07. The minimum absolute atomic E-state index is 0.0115. The Morgan fingerprint density at radius 1 is 1.06 bits per heavy atom. The van der Waals surface area contributed by atoms with Crippen LogP contribution >= 0.6 is 11.3 Å². The molecular formula is C26H33N3O5S. The molecule has 0 aliphatic carbocycles. The molecule has 1 aromatic heterocycles. The zero-order chi connectivity index (χ0) is 25.2. The lowest BCUT2D eigenvalue weighted by molar-refractivity contribution is 0.0157. The average Bonchev–Trinajstić information content (AvgIpc) is 3.43. The Labute approximate surface area is 210 Å². The van der Waals surface area contributed by atoms with Crippen LogP contribution in [-0.4, -0.2) is 71.2 Å². The van der Waals surface area contributed by atoms with E-state index in [4.69, 9.17) is 9.47 Å². The number of rotatable bonds is 5. The smallest absolute Gasteiger partial charge is 0.410 e. The van der Waals surface area contributed by atoms with Gasteiger partial charge >= 0.3 is 18.1 Å². The first-order chi connectivity index (χ1) is 16.7. The van der Waals surface area contributed by atoms with Crippen LogP contribution in [0.4, 0.5) is 9.59 Å². The first kappa shape index (κ1) is 25.0. The quantitative estimate of drug-likeness (QED) is 0.546. The molecule has 2 aliphatic rings. The van der Waals surface area contributed by atoms with E-state index in [1.807, 2.05) is 54.8 Å². The number of esters is 1. The van der Waals surface area contributed by atoms with E-state index in [1.54, 1.807) is 11.0 Å². The summed E-state index contributed by atoms with van der Waals surface area (Å²) in [4.78, 5) is 45.0. The normalized spacial score (nSPS) is 19.3. The third-order valence-electron chi connectivity index (χ3n) is 6.31. The van der Waals surface area contributed by atoms with Crippen molar-refractivity contribution >= 4 is 29.4 Å². The second-order valence-electron chi connectivity index (χ2n) is 9.95. The van der Waals surface area contributed by atoms with Gasteiger partial charge in [0.05, 0.1) is 19.7 Å². The molecule has 2 fully saturated rings. The number of thiophene rings is 1. The van der Waals surface area contributed by atoms with Gasteiger partial charge in [0.1, 0.15) is 10.5 Å². The molecule has 3 heterocycles. The number of urea groups is 1. The van der Waals surface area contributed by atoms with Crippen molar-refractivity contribution < 1.29 is 23.9 Å². The number of hydrogen-bond acceptors (Lipinski definition) is 6. The fourth-order valence-electron chi connectivity index (χ4n) is 4.67. The number of piperidine rings is 1. The number of methoxy groups -OCH3 is 1. The van der Waals surface area contributed by atoms with Crippen LogP contribution in [-0.2, 0) is 16.0 Å². The number of benzene rings is 1. The fraction of sp³-hybridized carbons (Fsp3) is 0.500. The molecule has 8 nitrogen and oxygen atoms in total. The summed E-state index contributed by atoms with van der Waals surface area (Å²) in [6.45, 7) is 7.71. The molecule has 3 amide bonds. The summed E-state index contributed by atoms with van der Waals surface area (Å²) in [7, 11) is 1.36. The van der Waals surface area contributed by atoms with Crippen LogP contribution in [0.5, 0.6) is 0 Å². The van der Waals surface area contributed by atoms with E-state index in [-0.39, 0.29) is 30.2 Å². The van der Waals surface area contributed by atoms with Crippen molar-refractivity contribution in [1.82, 2.24) is 14.7 Å². The molecule has 0 radical (unpaired) electrons.